The Hall–Kier alpha value is 1.25. The Morgan fingerprint density at radius 1 is 1.67 bits per heavy atom. The van der Waals surface area contributed by atoms with Gasteiger partial charge in [0, 0.05) is 5.33 Å². The first-order valence-corrected chi connectivity index (χ1v) is 2.89. The van der Waals surface area contributed by atoms with Gasteiger partial charge in [-0.1, -0.05) is 22.4 Å². The molecule has 0 saturated carbocycles. The summed E-state index contributed by atoms with van der Waals surface area (Å²) in [6.07, 6.45) is 2.24. The van der Waals surface area contributed by atoms with Gasteiger partial charge in [-0.25, -0.2) is 0 Å². The van der Waals surface area contributed by atoms with Gasteiger partial charge in [0.1, 0.15) is 0 Å². The molecule has 0 atom stereocenters. The normalized spacial score (nSPS) is 7.00. The average Bonchev–Trinajstić information content (AvgIpc) is 1.41. The average molecular weight is 161 g/mol. The van der Waals surface area contributed by atoms with E-state index >= 15 is 0 Å². The minimum absolute atomic E-state index is 0. The molecule has 0 aromatic heterocycles. The van der Waals surface area contributed by atoms with Gasteiger partial charge in [0.25, 0.3) is 0 Å². The number of halogens is 1. The molecule has 0 aromatic carbocycles. The number of unbranched alkanes of at least 4 members (excludes halogenated alkanes) is 1. The molecule has 0 amide bonds. The van der Waals surface area contributed by atoms with Gasteiger partial charge in [0.05, 0.1) is 0 Å². The molecule has 0 aliphatic carbocycles. The predicted octanol–water partition coefficient (Wildman–Crippen LogP) is 1.73. The van der Waals surface area contributed by atoms with Crippen molar-refractivity contribution in [2.24, 2.45) is 0 Å². The van der Waals surface area contributed by atoms with Crippen LogP contribution in [0.15, 0.2) is 0 Å². The summed E-state index contributed by atoms with van der Waals surface area (Å²) < 4.78 is 0. The molecule has 0 aliphatic heterocycles. The van der Waals surface area contributed by atoms with Crippen LogP contribution in [0.3, 0.4) is 0 Å². The van der Waals surface area contributed by atoms with Crippen LogP contribution in [0, 0.1) is 6.92 Å². The zero-order valence-corrected chi connectivity index (χ0v) is 6.91. The Morgan fingerprint density at radius 3 is 2.17 bits per heavy atom. The third-order valence-electron chi connectivity index (χ3n) is 0.384. The summed E-state index contributed by atoms with van der Waals surface area (Å²) >= 11 is 3.27. The fourth-order valence-corrected chi connectivity index (χ4v) is 0.491. The maximum absolute atomic E-state index is 3.65. The Morgan fingerprint density at radius 2 is 2.17 bits per heavy atom. The van der Waals surface area contributed by atoms with E-state index in [1.165, 1.54) is 6.42 Å². The first-order valence-electron chi connectivity index (χ1n) is 1.77. The molecule has 6 heavy (non-hydrogen) atoms. The van der Waals surface area contributed by atoms with Crippen molar-refractivity contribution in [3.8, 4) is 0 Å². The van der Waals surface area contributed by atoms with Crippen molar-refractivity contribution in [1.29, 1.82) is 0 Å². The second-order valence-electron chi connectivity index (χ2n) is 0.896. The van der Waals surface area contributed by atoms with Crippen LogP contribution in [0.5, 0.6) is 0 Å². The number of rotatable bonds is 2. The van der Waals surface area contributed by atoms with Gasteiger partial charge in [0.15, 0.2) is 0 Å². The quantitative estimate of drug-likeness (QED) is 0.329. The number of hydrogen-bond acceptors (Lipinski definition) is 0. The van der Waals surface area contributed by atoms with Crippen LogP contribution in [0.25, 0.3) is 0 Å². The second kappa shape index (κ2) is 9.53. The molecule has 0 bridgehead atoms. The van der Waals surface area contributed by atoms with Gasteiger partial charge < -0.3 is 8.35 Å². The fourth-order valence-electron chi connectivity index (χ4n) is 0.0945. The molecular weight excluding hydrogens is 152 g/mol. The fraction of sp³-hybridized carbons (Fsp3) is 0.750. The number of hydrogen-bond donors (Lipinski definition) is 0. The Labute approximate surface area is 65.5 Å². The summed E-state index contributed by atoms with van der Waals surface area (Å²) in [5.41, 5.74) is 0. The molecule has 0 saturated heterocycles. The van der Waals surface area contributed by atoms with E-state index in [9.17, 15) is 0 Å². The maximum Gasteiger partial charge on any atom is 2.00 e. The summed E-state index contributed by atoms with van der Waals surface area (Å²) in [5, 5.41) is 1.09. The summed E-state index contributed by atoms with van der Waals surface area (Å²) in [6, 6.07) is 0. The smallest absolute Gasteiger partial charge is 1.00 e. The molecule has 0 aromatic rings. The van der Waals surface area contributed by atoms with Crippen LogP contribution in [-0.2, 0) is 0 Å². The number of alkyl halides is 1. The largest absolute Gasteiger partial charge is 2.00 e. The molecule has 0 heterocycles. The van der Waals surface area contributed by atoms with E-state index in [4.69, 9.17) is 0 Å². The monoisotopic (exact) mass is 160 g/mol. The van der Waals surface area contributed by atoms with E-state index in [0.29, 0.717) is 0 Å². The molecule has 0 nitrogen and oxygen atoms in total. The Bertz CT molecular complexity index is 19.2. The molecule has 0 unspecified atom stereocenters. The summed E-state index contributed by atoms with van der Waals surface area (Å²) in [7, 11) is 0. The second-order valence-corrected chi connectivity index (χ2v) is 1.69. The molecule has 0 spiro atoms. The van der Waals surface area contributed by atoms with Crippen LogP contribution in [0.4, 0.5) is 0 Å². The molecule has 0 aliphatic rings. The standard InChI is InChI=1S/C4H8Br.Mg.H/c1-2-3-4-5;;/h1-4H2;;/q-1;+2;-1. The molecule has 0 radical (unpaired) electrons. The summed E-state index contributed by atoms with van der Waals surface area (Å²) in [5.74, 6) is 0. The van der Waals surface area contributed by atoms with Crippen molar-refractivity contribution >= 4 is 39.0 Å². The van der Waals surface area contributed by atoms with Crippen LogP contribution in [-0.4, -0.2) is 28.4 Å². The van der Waals surface area contributed by atoms with Gasteiger partial charge in [0.2, 0.25) is 0 Å². The Kier molecular flexibility index (Phi) is 16.3. The minimum atomic E-state index is 0. The zero-order chi connectivity index (χ0) is 4.12. The van der Waals surface area contributed by atoms with E-state index in [2.05, 4.69) is 22.9 Å². The third-order valence-corrected chi connectivity index (χ3v) is 0.944. The van der Waals surface area contributed by atoms with Gasteiger partial charge in [-0.15, -0.1) is 0 Å². The topological polar surface area (TPSA) is 0 Å². The molecule has 0 N–H and O–H groups in total. The predicted molar refractivity (Wildman–Crippen MR) is 35.3 cm³/mol. The molecule has 0 rings (SSSR count). The SMILES string of the molecule is [CH2-]CCCBr.[H-].[Mg+2]. The van der Waals surface area contributed by atoms with Gasteiger partial charge in [-0.3, -0.25) is 0 Å². The third kappa shape index (κ3) is 8.98. The minimum Gasteiger partial charge on any atom is -1.00 e. The van der Waals surface area contributed by atoms with E-state index in [1.807, 2.05) is 0 Å². The van der Waals surface area contributed by atoms with Crippen LogP contribution in [0.1, 0.15) is 14.3 Å². The van der Waals surface area contributed by atoms with E-state index < -0.39 is 0 Å². The molecule has 2 heteroatoms. The van der Waals surface area contributed by atoms with Crippen molar-refractivity contribution in [1.82, 2.24) is 0 Å². The van der Waals surface area contributed by atoms with Gasteiger partial charge in [-0.05, 0) is 0 Å². The van der Waals surface area contributed by atoms with E-state index in [-0.39, 0.29) is 24.5 Å². The zero-order valence-electron chi connectivity index (χ0n) is 4.91. The van der Waals surface area contributed by atoms with Gasteiger partial charge >= 0.3 is 23.1 Å². The first-order chi connectivity index (χ1) is 2.41. The van der Waals surface area contributed by atoms with Crippen molar-refractivity contribution in [3.05, 3.63) is 6.92 Å². The van der Waals surface area contributed by atoms with E-state index in [1.54, 1.807) is 0 Å². The van der Waals surface area contributed by atoms with Crippen molar-refractivity contribution in [2.45, 2.75) is 12.8 Å². The summed E-state index contributed by atoms with van der Waals surface area (Å²) in [6.45, 7) is 3.65. The van der Waals surface area contributed by atoms with Crippen molar-refractivity contribution < 1.29 is 1.43 Å². The Balaban J connectivity index is -0.0000000800. The molecular formula is C4H9BrMg. The van der Waals surface area contributed by atoms with Crippen molar-refractivity contribution in [2.75, 3.05) is 5.33 Å². The first kappa shape index (κ1) is 10.3. The van der Waals surface area contributed by atoms with Gasteiger partial charge in [-0.2, -0.15) is 6.42 Å². The van der Waals surface area contributed by atoms with Crippen molar-refractivity contribution in [3.63, 3.8) is 0 Å². The summed E-state index contributed by atoms with van der Waals surface area (Å²) in [4.78, 5) is 0. The van der Waals surface area contributed by atoms with E-state index in [0.717, 1.165) is 11.8 Å². The van der Waals surface area contributed by atoms with Crippen LogP contribution in [0.2, 0.25) is 0 Å². The molecule has 34 valence electrons. The maximum atomic E-state index is 3.65. The van der Waals surface area contributed by atoms with Crippen LogP contribution < -0.4 is 0 Å². The molecule has 0 fully saturated rings. The van der Waals surface area contributed by atoms with Crippen LogP contribution >= 0.6 is 15.9 Å².